The largest absolute Gasteiger partial charge is 0.348 e. The number of fused-ring (bicyclic) bond motifs is 4. The molecule has 0 amide bonds. The van der Waals surface area contributed by atoms with Crippen LogP contribution in [0.15, 0.2) is 53.0 Å². The van der Waals surface area contributed by atoms with Crippen LogP contribution in [-0.2, 0) is 7.05 Å². The van der Waals surface area contributed by atoms with Crippen molar-refractivity contribution in [2.24, 2.45) is 7.05 Å². The fourth-order valence-electron chi connectivity index (χ4n) is 2.84. The number of para-hydroxylation sites is 2. The molecule has 0 unspecified atom stereocenters. The molecule has 4 aromatic rings. The summed E-state index contributed by atoms with van der Waals surface area (Å²) < 4.78 is 3.36. The Bertz CT molecular complexity index is 938. The lowest BCUT2D eigenvalue weighted by Crippen LogP contribution is -2.29. The number of H-pyrrole nitrogens is 1. The van der Waals surface area contributed by atoms with Crippen molar-refractivity contribution in [1.29, 1.82) is 0 Å². The van der Waals surface area contributed by atoms with Gasteiger partial charge in [-0.25, -0.2) is 0 Å². The van der Waals surface area contributed by atoms with Gasteiger partial charge in [0.1, 0.15) is 12.6 Å². The van der Waals surface area contributed by atoms with Crippen molar-refractivity contribution in [3.63, 3.8) is 0 Å². The lowest BCUT2D eigenvalue weighted by atomic mass is 10.1. The molecule has 2 aromatic heterocycles. The molecule has 0 aliphatic rings. The Balaban J connectivity index is 2.34. The van der Waals surface area contributed by atoms with Crippen LogP contribution in [0.5, 0.6) is 0 Å². The predicted octanol–water partition coefficient (Wildman–Crippen LogP) is 4.06. The van der Waals surface area contributed by atoms with Crippen LogP contribution in [0.25, 0.3) is 32.8 Å². The van der Waals surface area contributed by atoms with Crippen LogP contribution in [-0.4, -0.2) is 4.98 Å². The minimum absolute atomic E-state index is 1.10. The van der Waals surface area contributed by atoms with Gasteiger partial charge in [-0.1, -0.05) is 18.2 Å². The SMILES string of the molecule is C[n+]1c2ccccc2cc2[nH]c3c(Br)cccc3c21. The van der Waals surface area contributed by atoms with Crippen molar-refractivity contribution >= 4 is 48.8 Å². The smallest absolute Gasteiger partial charge is 0.238 e. The molecule has 1 N–H and O–H groups in total. The summed E-state index contributed by atoms with van der Waals surface area (Å²) in [6, 6.07) is 17.0. The summed E-state index contributed by atoms with van der Waals surface area (Å²) in [6.45, 7) is 0. The molecule has 4 rings (SSSR count). The van der Waals surface area contributed by atoms with E-state index in [0.717, 1.165) is 9.99 Å². The standard InChI is InChI=1S/C16H11BrN2/c1-19-14-8-3-2-5-10(14)9-13-16(19)11-6-4-7-12(17)15(11)18-13/h2-9H,1H3/p+1. The van der Waals surface area contributed by atoms with Crippen LogP contribution in [0.4, 0.5) is 0 Å². The average molecular weight is 312 g/mol. The number of hydrogen-bond donors (Lipinski definition) is 1. The Morgan fingerprint density at radius 1 is 1.05 bits per heavy atom. The number of halogens is 1. The molecule has 2 heterocycles. The number of nitrogens with zero attached hydrogens (tertiary/aromatic N) is 1. The van der Waals surface area contributed by atoms with Crippen LogP contribution < -0.4 is 4.57 Å². The second-order valence-electron chi connectivity index (χ2n) is 4.81. The summed E-state index contributed by atoms with van der Waals surface area (Å²) in [5.41, 5.74) is 4.82. The molecular formula is C16H12BrN2+. The Labute approximate surface area is 118 Å². The second-order valence-corrected chi connectivity index (χ2v) is 5.67. The molecule has 3 heteroatoms. The maximum absolute atomic E-state index is 3.61. The van der Waals surface area contributed by atoms with E-state index in [0.29, 0.717) is 0 Å². The zero-order valence-corrected chi connectivity index (χ0v) is 12.0. The van der Waals surface area contributed by atoms with Gasteiger partial charge in [0, 0.05) is 15.9 Å². The molecular weight excluding hydrogens is 300 g/mol. The van der Waals surface area contributed by atoms with Crippen molar-refractivity contribution in [3.8, 4) is 0 Å². The summed E-state index contributed by atoms with van der Waals surface area (Å²) in [5, 5.41) is 2.50. The van der Waals surface area contributed by atoms with E-state index in [1.54, 1.807) is 0 Å². The van der Waals surface area contributed by atoms with E-state index < -0.39 is 0 Å². The molecule has 19 heavy (non-hydrogen) atoms. The number of rotatable bonds is 0. The highest BCUT2D eigenvalue weighted by Gasteiger charge is 2.17. The summed E-state index contributed by atoms with van der Waals surface area (Å²) in [4.78, 5) is 3.51. The Morgan fingerprint density at radius 2 is 1.89 bits per heavy atom. The van der Waals surface area contributed by atoms with Gasteiger partial charge in [-0.2, -0.15) is 4.57 Å². The first kappa shape index (κ1) is 11.0. The number of aromatic amines is 1. The fraction of sp³-hybridized carbons (Fsp3) is 0.0625. The lowest BCUT2D eigenvalue weighted by Gasteiger charge is -1.98. The summed E-state index contributed by atoms with van der Waals surface area (Å²) >= 11 is 3.61. The van der Waals surface area contributed by atoms with E-state index in [1.165, 1.54) is 27.3 Å². The van der Waals surface area contributed by atoms with Gasteiger partial charge in [0.2, 0.25) is 11.0 Å². The highest BCUT2D eigenvalue weighted by Crippen LogP contribution is 2.29. The van der Waals surface area contributed by atoms with Gasteiger partial charge >= 0.3 is 0 Å². The van der Waals surface area contributed by atoms with E-state index in [9.17, 15) is 0 Å². The molecule has 0 saturated carbocycles. The van der Waals surface area contributed by atoms with Crippen molar-refractivity contribution in [2.45, 2.75) is 0 Å². The van der Waals surface area contributed by atoms with E-state index in [4.69, 9.17) is 0 Å². The lowest BCUT2D eigenvalue weighted by molar-refractivity contribution is -0.616. The predicted molar refractivity (Wildman–Crippen MR) is 82.2 cm³/mol. The number of aryl methyl sites for hydroxylation is 1. The minimum Gasteiger partial charge on any atom is -0.348 e. The number of nitrogens with one attached hydrogen (secondary N) is 1. The third-order valence-corrected chi connectivity index (χ3v) is 4.38. The topological polar surface area (TPSA) is 19.7 Å². The van der Waals surface area contributed by atoms with Crippen molar-refractivity contribution in [2.75, 3.05) is 0 Å². The number of pyridine rings is 1. The maximum atomic E-state index is 3.61. The van der Waals surface area contributed by atoms with Gasteiger partial charge in [0.15, 0.2) is 0 Å². The minimum atomic E-state index is 1.10. The third-order valence-electron chi connectivity index (χ3n) is 3.72. The zero-order chi connectivity index (χ0) is 13.0. The quantitative estimate of drug-likeness (QED) is 0.472. The number of benzene rings is 2. The van der Waals surface area contributed by atoms with Crippen LogP contribution >= 0.6 is 15.9 Å². The van der Waals surface area contributed by atoms with Gasteiger partial charge in [-0.05, 0) is 40.2 Å². The first-order chi connectivity index (χ1) is 9.25. The Kier molecular flexibility index (Phi) is 2.21. The fourth-order valence-corrected chi connectivity index (χ4v) is 3.31. The normalized spacial score (nSPS) is 11.7. The molecule has 2 nitrogen and oxygen atoms in total. The molecule has 0 radical (unpaired) electrons. The van der Waals surface area contributed by atoms with Crippen LogP contribution in [0.2, 0.25) is 0 Å². The molecule has 0 spiro atoms. The van der Waals surface area contributed by atoms with E-state index in [-0.39, 0.29) is 0 Å². The molecule has 2 aromatic carbocycles. The third kappa shape index (κ3) is 1.45. The van der Waals surface area contributed by atoms with Gasteiger partial charge < -0.3 is 4.98 Å². The summed E-state index contributed by atoms with van der Waals surface area (Å²) in [6.07, 6.45) is 0. The van der Waals surface area contributed by atoms with Crippen LogP contribution in [0.3, 0.4) is 0 Å². The molecule has 0 fully saturated rings. The molecule has 0 aliphatic carbocycles. The molecule has 0 bridgehead atoms. The monoisotopic (exact) mass is 311 g/mol. The molecule has 92 valence electrons. The van der Waals surface area contributed by atoms with Crippen molar-refractivity contribution in [3.05, 3.63) is 53.0 Å². The van der Waals surface area contributed by atoms with Crippen LogP contribution in [0, 0.1) is 0 Å². The van der Waals surface area contributed by atoms with Crippen LogP contribution in [0.1, 0.15) is 0 Å². The maximum Gasteiger partial charge on any atom is 0.238 e. The van der Waals surface area contributed by atoms with Gasteiger partial charge in [-0.15, -0.1) is 0 Å². The van der Waals surface area contributed by atoms with E-state index >= 15 is 0 Å². The van der Waals surface area contributed by atoms with Gasteiger partial charge in [-0.3, -0.25) is 0 Å². The highest BCUT2D eigenvalue weighted by atomic mass is 79.9. The molecule has 0 atom stereocenters. The number of hydrogen-bond acceptors (Lipinski definition) is 0. The van der Waals surface area contributed by atoms with E-state index in [2.05, 4.69) is 81.1 Å². The van der Waals surface area contributed by atoms with Gasteiger partial charge in [0.05, 0.1) is 10.9 Å². The molecule has 0 aliphatic heterocycles. The zero-order valence-electron chi connectivity index (χ0n) is 10.4. The van der Waals surface area contributed by atoms with Crippen molar-refractivity contribution < 1.29 is 4.57 Å². The molecule has 0 saturated heterocycles. The first-order valence-electron chi connectivity index (χ1n) is 6.23. The Morgan fingerprint density at radius 3 is 2.79 bits per heavy atom. The van der Waals surface area contributed by atoms with Gasteiger partial charge in [0.25, 0.3) is 0 Å². The summed E-state index contributed by atoms with van der Waals surface area (Å²) in [7, 11) is 2.12. The Hall–Kier alpha value is -1.87. The van der Waals surface area contributed by atoms with E-state index in [1.807, 2.05) is 0 Å². The highest BCUT2D eigenvalue weighted by molar-refractivity contribution is 9.10. The second kappa shape index (κ2) is 3.81. The summed E-state index contributed by atoms with van der Waals surface area (Å²) in [5.74, 6) is 0. The average Bonchev–Trinajstić information content (AvgIpc) is 2.79. The first-order valence-corrected chi connectivity index (χ1v) is 7.03. The van der Waals surface area contributed by atoms with Crippen molar-refractivity contribution in [1.82, 2.24) is 4.98 Å². The number of aromatic nitrogens is 2.